The highest BCUT2D eigenvalue weighted by atomic mass is 16.5. The van der Waals surface area contributed by atoms with Gasteiger partial charge in [0.15, 0.2) is 0 Å². The predicted octanol–water partition coefficient (Wildman–Crippen LogP) is 15.0. The van der Waals surface area contributed by atoms with E-state index in [4.69, 9.17) is 4.74 Å². The Morgan fingerprint density at radius 2 is 1.11 bits per heavy atom. The molecule has 0 fully saturated rings. The van der Waals surface area contributed by atoms with E-state index in [1.54, 1.807) is 0 Å². The van der Waals surface area contributed by atoms with E-state index < -0.39 is 0 Å². The summed E-state index contributed by atoms with van der Waals surface area (Å²) in [7, 11) is 0. The van der Waals surface area contributed by atoms with Crippen LogP contribution in [0.4, 0.5) is 22.7 Å². The molecule has 2 heterocycles. The highest BCUT2D eigenvalue weighted by molar-refractivity contribution is 6.09. The van der Waals surface area contributed by atoms with Gasteiger partial charge in [-0.3, -0.25) is 0 Å². The summed E-state index contributed by atoms with van der Waals surface area (Å²) in [5, 5.41) is 2.43. The average molecular weight is 746 g/mol. The van der Waals surface area contributed by atoms with Gasteiger partial charge >= 0.3 is 0 Å². The number of fused-ring (bicyclic) bond motifs is 4. The van der Waals surface area contributed by atoms with Crippen LogP contribution in [0.15, 0.2) is 158 Å². The number of rotatable bonds is 8. The van der Waals surface area contributed by atoms with Crippen LogP contribution in [0.2, 0.25) is 0 Å². The quantitative estimate of drug-likeness (QED) is 0.154. The topological polar surface area (TPSA) is 20.6 Å². The van der Waals surface area contributed by atoms with E-state index in [1.807, 2.05) is 0 Å². The molecular weight excluding hydrogens is 695 g/mol. The summed E-state index contributed by atoms with van der Waals surface area (Å²) in [6, 6.07) is 57.3. The molecule has 0 saturated carbocycles. The maximum absolute atomic E-state index is 7.06. The molecule has 0 bridgehead atoms. The predicted molar refractivity (Wildman–Crippen MR) is 242 cm³/mol. The molecule has 1 aliphatic rings. The minimum absolute atomic E-state index is 0.0311. The average Bonchev–Trinajstić information content (AvgIpc) is 3.77. The van der Waals surface area contributed by atoms with Crippen molar-refractivity contribution in [3.8, 4) is 28.3 Å². The normalized spacial score (nSPS) is 13.0. The van der Waals surface area contributed by atoms with Crippen molar-refractivity contribution in [2.45, 2.75) is 65.7 Å². The molecule has 0 atom stereocenters. The van der Waals surface area contributed by atoms with Crippen molar-refractivity contribution < 1.29 is 4.74 Å². The molecule has 284 valence electrons. The van der Waals surface area contributed by atoms with Crippen LogP contribution in [0.5, 0.6) is 11.5 Å². The van der Waals surface area contributed by atoms with Gasteiger partial charge in [0, 0.05) is 40.0 Å². The minimum Gasteiger partial charge on any atom is -0.457 e. The van der Waals surface area contributed by atoms with Gasteiger partial charge in [-0.1, -0.05) is 127 Å². The second-order valence-corrected chi connectivity index (χ2v) is 17.1. The first kappa shape index (κ1) is 36.4. The zero-order valence-corrected chi connectivity index (χ0v) is 34.1. The Hall–Kier alpha value is -6.26. The number of benzene rings is 7. The van der Waals surface area contributed by atoms with E-state index in [0.717, 1.165) is 28.4 Å². The molecule has 1 aromatic heterocycles. The van der Waals surface area contributed by atoms with Crippen molar-refractivity contribution >= 4 is 44.6 Å². The highest BCUT2D eigenvalue weighted by Crippen LogP contribution is 2.47. The van der Waals surface area contributed by atoms with Crippen LogP contribution < -0.4 is 14.5 Å². The van der Waals surface area contributed by atoms with Crippen molar-refractivity contribution in [1.29, 1.82) is 0 Å². The van der Waals surface area contributed by atoms with Crippen molar-refractivity contribution in [2.75, 3.05) is 16.5 Å². The molecule has 57 heavy (non-hydrogen) atoms. The fourth-order valence-electron chi connectivity index (χ4n) is 8.63. The molecule has 4 nitrogen and oxygen atoms in total. The number of anilines is 4. The standard InChI is InChI=1S/C53H51N3O/c1-35(2)44-22-16-23-45(36(3)4)52(44)37-29-41(55-34-54(39-18-9-8-10-19-39)49-25-13-14-26-50(49)55)32-43(30-37)57-42-27-28-47-46-21-11-12-24-48(46)56(51(47)33-42)40-20-15-17-38(31-40)53(5,6)7/h8-33,35-36H,34H2,1-7H3. The zero-order chi connectivity index (χ0) is 39.4. The van der Waals surface area contributed by atoms with Gasteiger partial charge < -0.3 is 19.1 Å². The van der Waals surface area contributed by atoms with Gasteiger partial charge in [-0.05, 0) is 112 Å². The van der Waals surface area contributed by atoms with Crippen LogP contribution in [0, 0.1) is 0 Å². The summed E-state index contributed by atoms with van der Waals surface area (Å²) in [6.07, 6.45) is 0. The molecule has 0 amide bonds. The lowest BCUT2D eigenvalue weighted by molar-refractivity contribution is 0.483. The van der Waals surface area contributed by atoms with Crippen LogP contribution in [0.25, 0.3) is 38.6 Å². The summed E-state index contributed by atoms with van der Waals surface area (Å²) in [5.74, 6) is 2.32. The molecular formula is C53H51N3O. The summed E-state index contributed by atoms with van der Waals surface area (Å²) in [4.78, 5) is 4.82. The van der Waals surface area contributed by atoms with Crippen LogP contribution >= 0.6 is 0 Å². The fraction of sp³-hybridized carbons (Fsp3) is 0.208. The number of para-hydroxylation sites is 4. The molecule has 0 radical (unpaired) electrons. The summed E-state index contributed by atoms with van der Waals surface area (Å²) >= 11 is 0. The Kier molecular flexibility index (Phi) is 9.16. The first-order chi connectivity index (χ1) is 27.5. The lowest BCUT2D eigenvalue weighted by Crippen LogP contribution is -2.24. The number of nitrogens with zero attached hydrogens (tertiary/aromatic N) is 3. The Labute approximate surface area is 337 Å². The van der Waals surface area contributed by atoms with Crippen molar-refractivity contribution in [3.05, 3.63) is 174 Å². The largest absolute Gasteiger partial charge is 0.457 e. The Morgan fingerprint density at radius 1 is 0.491 bits per heavy atom. The van der Waals surface area contributed by atoms with Gasteiger partial charge in [0.1, 0.15) is 18.2 Å². The smallest absolute Gasteiger partial charge is 0.130 e. The summed E-state index contributed by atoms with van der Waals surface area (Å²) in [6.45, 7) is 16.7. The summed E-state index contributed by atoms with van der Waals surface area (Å²) < 4.78 is 9.45. The van der Waals surface area contributed by atoms with Gasteiger partial charge in [-0.25, -0.2) is 0 Å². The van der Waals surface area contributed by atoms with Crippen molar-refractivity contribution in [3.63, 3.8) is 0 Å². The Balaban J connectivity index is 1.22. The van der Waals surface area contributed by atoms with E-state index in [9.17, 15) is 0 Å². The van der Waals surface area contributed by atoms with Crippen LogP contribution in [-0.2, 0) is 5.41 Å². The Bertz CT molecular complexity index is 2720. The monoisotopic (exact) mass is 745 g/mol. The number of aromatic nitrogens is 1. The molecule has 4 heteroatoms. The van der Waals surface area contributed by atoms with Gasteiger partial charge in [0.25, 0.3) is 0 Å². The van der Waals surface area contributed by atoms with Crippen molar-refractivity contribution in [1.82, 2.24) is 4.57 Å². The van der Waals surface area contributed by atoms with Crippen LogP contribution in [0.1, 0.15) is 77.0 Å². The fourth-order valence-corrected chi connectivity index (χ4v) is 8.63. The Morgan fingerprint density at radius 3 is 1.81 bits per heavy atom. The summed E-state index contributed by atoms with van der Waals surface area (Å²) in [5.41, 5.74) is 14.6. The highest BCUT2D eigenvalue weighted by Gasteiger charge is 2.29. The van der Waals surface area contributed by atoms with E-state index in [2.05, 4.69) is 221 Å². The third kappa shape index (κ3) is 6.63. The molecule has 0 spiro atoms. The van der Waals surface area contributed by atoms with Crippen molar-refractivity contribution in [2.24, 2.45) is 0 Å². The number of hydrogen-bond acceptors (Lipinski definition) is 3. The van der Waals surface area contributed by atoms with Gasteiger partial charge in [0.2, 0.25) is 0 Å². The van der Waals surface area contributed by atoms with E-state index >= 15 is 0 Å². The third-order valence-electron chi connectivity index (χ3n) is 11.5. The molecule has 0 aliphatic carbocycles. The number of hydrogen-bond donors (Lipinski definition) is 0. The maximum atomic E-state index is 7.06. The van der Waals surface area contributed by atoms with E-state index in [-0.39, 0.29) is 5.41 Å². The molecule has 0 saturated heterocycles. The second kappa shape index (κ2) is 14.4. The maximum Gasteiger partial charge on any atom is 0.130 e. The third-order valence-corrected chi connectivity index (χ3v) is 11.5. The lowest BCUT2D eigenvalue weighted by Gasteiger charge is -2.25. The van der Waals surface area contributed by atoms with Gasteiger partial charge in [-0.2, -0.15) is 0 Å². The van der Waals surface area contributed by atoms with Gasteiger partial charge in [-0.15, -0.1) is 0 Å². The van der Waals surface area contributed by atoms with E-state index in [1.165, 1.54) is 61.2 Å². The van der Waals surface area contributed by atoms with Crippen LogP contribution in [-0.4, -0.2) is 11.2 Å². The SMILES string of the molecule is CC(C)c1cccc(C(C)C)c1-c1cc(Oc2ccc3c4ccccc4n(-c4cccc(C(C)(C)C)c4)c3c2)cc(N2CN(c3ccccc3)c3ccccc32)c1. The zero-order valence-electron chi connectivity index (χ0n) is 34.1. The molecule has 8 aromatic rings. The minimum atomic E-state index is 0.0311. The number of ether oxygens (including phenoxy) is 1. The molecule has 1 aliphatic heterocycles. The molecule has 7 aromatic carbocycles. The molecule has 0 unspecified atom stereocenters. The van der Waals surface area contributed by atoms with E-state index in [0.29, 0.717) is 18.5 Å². The molecule has 0 N–H and O–H groups in total. The van der Waals surface area contributed by atoms with Gasteiger partial charge in [0.05, 0.1) is 22.4 Å². The second-order valence-electron chi connectivity index (χ2n) is 17.1. The first-order valence-electron chi connectivity index (χ1n) is 20.3. The lowest BCUT2D eigenvalue weighted by atomic mass is 9.85. The molecule has 9 rings (SSSR count). The first-order valence-corrected chi connectivity index (χ1v) is 20.3. The van der Waals surface area contributed by atoms with Crippen LogP contribution in [0.3, 0.4) is 0 Å².